The molecule has 134 valence electrons. The van der Waals surface area contributed by atoms with Crippen LogP contribution < -0.4 is 10.1 Å². The van der Waals surface area contributed by atoms with Crippen molar-refractivity contribution in [3.05, 3.63) is 54.6 Å². The SMILES string of the molecule is COCCNC(=O)COc1ccc(-c2nc(-c3ccccc3)no2)cc1. The van der Waals surface area contributed by atoms with Gasteiger partial charge in [0, 0.05) is 24.8 Å². The van der Waals surface area contributed by atoms with Gasteiger partial charge in [0.1, 0.15) is 5.75 Å². The average Bonchev–Trinajstić information content (AvgIpc) is 3.18. The molecule has 0 aliphatic carbocycles. The van der Waals surface area contributed by atoms with Crippen LogP contribution in [0, 0.1) is 0 Å². The third kappa shape index (κ3) is 4.67. The Labute approximate surface area is 150 Å². The highest BCUT2D eigenvalue weighted by Crippen LogP contribution is 2.23. The largest absolute Gasteiger partial charge is 0.484 e. The number of hydrogen-bond acceptors (Lipinski definition) is 6. The van der Waals surface area contributed by atoms with Gasteiger partial charge < -0.3 is 19.3 Å². The fourth-order valence-electron chi connectivity index (χ4n) is 2.23. The fraction of sp³-hybridized carbons (Fsp3) is 0.211. The third-order valence-electron chi connectivity index (χ3n) is 3.56. The van der Waals surface area contributed by atoms with Gasteiger partial charge in [0.05, 0.1) is 6.61 Å². The van der Waals surface area contributed by atoms with E-state index in [4.69, 9.17) is 14.0 Å². The van der Waals surface area contributed by atoms with Crippen LogP contribution in [0.5, 0.6) is 5.75 Å². The molecule has 0 unspecified atom stereocenters. The van der Waals surface area contributed by atoms with Gasteiger partial charge in [-0.1, -0.05) is 35.5 Å². The minimum absolute atomic E-state index is 0.0538. The first-order chi connectivity index (χ1) is 12.8. The zero-order valence-electron chi connectivity index (χ0n) is 14.3. The maximum absolute atomic E-state index is 11.6. The molecule has 1 heterocycles. The quantitative estimate of drug-likeness (QED) is 0.626. The highest BCUT2D eigenvalue weighted by molar-refractivity contribution is 5.77. The number of carbonyl (C=O) groups excluding carboxylic acids is 1. The Kier molecular flexibility index (Phi) is 5.95. The normalized spacial score (nSPS) is 10.5. The number of carbonyl (C=O) groups is 1. The van der Waals surface area contributed by atoms with Crippen molar-refractivity contribution in [1.82, 2.24) is 15.5 Å². The zero-order valence-corrected chi connectivity index (χ0v) is 14.3. The van der Waals surface area contributed by atoms with E-state index in [0.717, 1.165) is 11.1 Å². The molecule has 0 spiro atoms. The summed E-state index contributed by atoms with van der Waals surface area (Å²) in [7, 11) is 1.58. The Bertz CT molecular complexity index is 832. The first-order valence-corrected chi connectivity index (χ1v) is 8.14. The molecular formula is C19H19N3O4. The minimum atomic E-state index is -0.199. The molecule has 1 aromatic heterocycles. The molecule has 0 aliphatic rings. The van der Waals surface area contributed by atoms with E-state index in [0.29, 0.717) is 30.6 Å². The van der Waals surface area contributed by atoms with Crippen molar-refractivity contribution < 1.29 is 18.8 Å². The summed E-state index contributed by atoms with van der Waals surface area (Å²) in [5.41, 5.74) is 1.67. The molecule has 0 saturated carbocycles. The van der Waals surface area contributed by atoms with Crippen LogP contribution >= 0.6 is 0 Å². The smallest absolute Gasteiger partial charge is 0.258 e. The van der Waals surface area contributed by atoms with Crippen molar-refractivity contribution in [2.75, 3.05) is 26.9 Å². The van der Waals surface area contributed by atoms with E-state index in [1.54, 1.807) is 31.4 Å². The number of nitrogens with one attached hydrogen (secondary N) is 1. The van der Waals surface area contributed by atoms with Gasteiger partial charge in [0.25, 0.3) is 11.8 Å². The monoisotopic (exact) mass is 353 g/mol. The maximum atomic E-state index is 11.6. The number of methoxy groups -OCH3 is 1. The van der Waals surface area contributed by atoms with Gasteiger partial charge in [-0.05, 0) is 24.3 Å². The second kappa shape index (κ2) is 8.77. The van der Waals surface area contributed by atoms with Crippen LogP contribution in [-0.4, -0.2) is 42.9 Å². The van der Waals surface area contributed by atoms with Crippen molar-refractivity contribution in [2.24, 2.45) is 0 Å². The molecular weight excluding hydrogens is 334 g/mol. The van der Waals surface area contributed by atoms with Crippen molar-refractivity contribution in [2.45, 2.75) is 0 Å². The summed E-state index contributed by atoms with van der Waals surface area (Å²) in [6.45, 7) is 0.871. The number of hydrogen-bond donors (Lipinski definition) is 1. The van der Waals surface area contributed by atoms with Gasteiger partial charge in [0.2, 0.25) is 5.82 Å². The Morgan fingerprint density at radius 1 is 1.08 bits per heavy atom. The number of amides is 1. The number of aromatic nitrogens is 2. The molecule has 7 nitrogen and oxygen atoms in total. The molecule has 26 heavy (non-hydrogen) atoms. The van der Waals surface area contributed by atoms with E-state index in [1.165, 1.54) is 0 Å². The van der Waals surface area contributed by atoms with Gasteiger partial charge in [-0.25, -0.2) is 0 Å². The summed E-state index contributed by atoms with van der Waals surface area (Å²) in [6, 6.07) is 16.7. The lowest BCUT2D eigenvalue weighted by atomic mass is 10.2. The number of nitrogens with zero attached hydrogens (tertiary/aromatic N) is 2. The number of rotatable bonds is 8. The highest BCUT2D eigenvalue weighted by Gasteiger charge is 2.10. The predicted octanol–water partition coefficient (Wildman–Crippen LogP) is 2.55. The molecule has 1 amide bonds. The number of benzene rings is 2. The van der Waals surface area contributed by atoms with Crippen LogP contribution in [0.2, 0.25) is 0 Å². The lowest BCUT2D eigenvalue weighted by Crippen LogP contribution is -2.31. The fourth-order valence-corrected chi connectivity index (χ4v) is 2.23. The molecule has 0 radical (unpaired) electrons. The van der Waals surface area contributed by atoms with Crippen LogP contribution in [0.4, 0.5) is 0 Å². The molecule has 2 aromatic carbocycles. The van der Waals surface area contributed by atoms with Crippen LogP contribution in [0.25, 0.3) is 22.8 Å². The second-order valence-electron chi connectivity index (χ2n) is 5.44. The van der Waals surface area contributed by atoms with Crippen LogP contribution in [0.15, 0.2) is 59.1 Å². The summed E-state index contributed by atoms with van der Waals surface area (Å²) in [6.07, 6.45) is 0. The van der Waals surface area contributed by atoms with Crippen LogP contribution in [-0.2, 0) is 9.53 Å². The van der Waals surface area contributed by atoms with E-state index >= 15 is 0 Å². The first kappa shape index (κ1) is 17.6. The molecule has 0 bridgehead atoms. The van der Waals surface area contributed by atoms with Crippen molar-refractivity contribution in [3.8, 4) is 28.6 Å². The van der Waals surface area contributed by atoms with E-state index in [2.05, 4.69) is 15.5 Å². The third-order valence-corrected chi connectivity index (χ3v) is 3.56. The summed E-state index contributed by atoms with van der Waals surface area (Å²) < 4.78 is 15.6. The van der Waals surface area contributed by atoms with Gasteiger partial charge in [-0.3, -0.25) is 4.79 Å². The topological polar surface area (TPSA) is 86.5 Å². The molecule has 3 aromatic rings. The van der Waals surface area contributed by atoms with E-state index in [-0.39, 0.29) is 12.5 Å². The number of ether oxygens (including phenoxy) is 2. The lowest BCUT2D eigenvalue weighted by Gasteiger charge is -2.07. The zero-order chi connectivity index (χ0) is 18.2. The van der Waals surface area contributed by atoms with Gasteiger partial charge in [-0.15, -0.1) is 0 Å². The van der Waals surface area contributed by atoms with Gasteiger partial charge in [-0.2, -0.15) is 4.98 Å². The molecule has 0 saturated heterocycles. The Hall–Kier alpha value is -3.19. The predicted molar refractivity (Wildman–Crippen MR) is 95.6 cm³/mol. The second-order valence-corrected chi connectivity index (χ2v) is 5.44. The van der Waals surface area contributed by atoms with Crippen molar-refractivity contribution in [1.29, 1.82) is 0 Å². The standard InChI is InChI=1S/C19H19N3O4/c1-24-12-11-20-17(23)13-25-16-9-7-15(8-10-16)19-21-18(22-26-19)14-5-3-2-4-6-14/h2-10H,11-13H2,1H3,(H,20,23). The summed E-state index contributed by atoms with van der Waals surface area (Å²) in [5, 5.41) is 6.69. The molecule has 0 atom stereocenters. The molecule has 1 N–H and O–H groups in total. The van der Waals surface area contributed by atoms with Crippen molar-refractivity contribution >= 4 is 5.91 Å². The van der Waals surface area contributed by atoms with Crippen LogP contribution in [0.3, 0.4) is 0 Å². The lowest BCUT2D eigenvalue weighted by molar-refractivity contribution is -0.123. The molecule has 0 fully saturated rings. The molecule has 7 heteroatoms. The summed E-state index contributed by atoms with van der Waals surface area (Å²) in [5.74, 6) is 1.34. The summed E-state index contributed by atoms with van der Waals surface area (Å²) in [4.78, 5) is 16.0. The Balaban J connectivity index is 1.58. The van der Waals surface area contributed by atoms with Gasteiger partial charge >= 0.3 is 0 Å². The Morgan fingerprint density at radius 2 is 1.85 bits per heavy atom. The maximum Gasteiger partial charge on any atom is 0.258 e. The van der Waals surface area contributed by atoms with E-state index in [1.807, 2.05) is 30.3 Å². The molecule has 3 rings (SSSR count). The highest BCUT2D eigenvalue weighted by atomic mass is 16.5. The summed E-state index contributed by atoms with van der Waals surface area (Å²) >= 11 is 0. The van der Waals surface area contributed by atoms with E-state index in [9.17, 15) is 4.79 Å². The Morgan fingerprint density at radius 3 is 2.58 bits per heavy atom. The minimum Gasteiger partial charge on any atom is -0.484 e. The first-order valence-electron chi connectivity index (χ1n) is 8.14. The molecule has 0 aliphatic heterocycles. The van der Waals surface area contributed by atoms with Crippen molar-refractivity contribution in [3.63, 3.8) is 0 Å². The van der Waals surface area contributed by atoms with Gasteiger partial charge in [0.15, 0.2) is 6.61 Å². The average molecular weight is 353 g/mol. The van der Waals surface area contributed by atoms with E-state index < -0.39 is 0 Å². The van der Waals surface area contributed by atoms with Crippen LogP contribution in [0.1, 0.15) is 0 Å².